The van der Waals surface area contributed by atoms with Crippen molar-refractivity contribution in [2.45, 2.75) is 0 Å². The van der Waals surface area contributed by atoms with Gasteiger partial charge in [0.05, 0.1) is 5.55 Å². The highest BCUT2D eigenvalue weighted by Crippen LogP contribution is 2.59. The maximum atomic E-state index is 12.0. The van der Waals surface area contributed by atoms with Crippen LogP contribution in [0.3, 0.4) is 0 Å². The summed E-state index contributed by atoms with van der Waals surface area (Å²) in [4.78, 5) is 16.0. The molecule has 0 aliphatic carbocycles. The van der Waals surface area contributed by atoms with Crippen molar-refractivity contribution >= 4 is 33.9 Å². The van der Waals surface area contributed by atoms with Gasteiger partial charge in [-0.1, -0.05) is 38.8 Å². The Balaban J connectivity index is 2.34. The zero-order chi connectivity index (χ0) is 10.0. The van der Waals surface area contributed by atoms with Crippen molar-refractivity contribution in [1.82, 2.24) is 0 Å². The van der Waals surface area contributed by atoms with Crippen molar-refractivity contribution in [3.63, 3.8) is 0 Å². The zero-order valence-corrected chi connectivity index (χ0v) is 9.66. The molecule has 0 aromatic heterocycles. The van der Waals surface area contributed by atoms with Gasteiger partial charge in [0.2, 0.25) is 5.12 Å². The first-order valence-corrected chi connectivity index (χ1v) is 7.65. The van der Waals surface area contributed by atoms with Gasteiger partial charge < -0.3 is 0 Å². The van der Waals surface area contributed by atoms with E-state index in [2.05, 4.69) is 19.8 Å². The highest BCUT2D eigenvalue weighted by atomic mass is 79.9. The number of nitrogens with zero attached hydrogens (tertiary/aromatic N) is 1. The van der Waals surface area contributed by atoms with Crippen LogP contribution in [0, 0.1) is 0 Å². The summed E-state index contributed by atoms with van der Waals surface area (Å²) >= 11 is 3.45. The first kappa shape index (κ1) is 9.68. The Kier molecular flexibility index (Phi) is 2.56. The zero-order valence-electron chi connectivity index (χ0n) is 7.26. The minimum Gasteiger partial charge on any atom is -0.282 e. The van der Waals surface area contributed by atoms with Crippen molar-refractivity contribution in [3.8, 4) is 0 Å². The molecule has 0 saturated carbocycles. The molecule has 1 aromatic carbocycles. The van der Waals surface area contributed by atoms with Crippen LogP contribution in [0.1, 0.15) is 10.4 Å². The second-order valence-corrected chi connectivity index (χ2v) is 8.14. The van der Waals surface area contributed by atoms with Gasteiger partial charge in [-0.25, -0.2) is 0 Å². The Hall–Kier alpha value is -0.870. The molecule has 0 fully saturated rings. The summed E-state index contributed by atoms with van der Waals surface area (Å²) in [5, 5.41) is 1.91. The van der Waals surface area contributed by atoms with E-state index in [0.717, 1.165) is 5.56 Å². The van der Waals surface area contributed by atoms with E-state index in [1.807, 2.05) is 35.7 Å². The molecule has 1 heterocycles. The second-order valence-electron chi connectivity index (χ2n) is 2.82. The molecular weight excluding hydrogens is 262 g/mol. The van der Waals surface area contributed by atoms with Gasteiger partial charge >= 0.3 is 0 Å². The molecule has 1 unspecified atom stereocenters. The summed E-state index contributed by atoms with van der Waals surface area (Å²) in [7, 11) is -1.63. The van der Waals surface area contributed by atoms with Gasteiger partial charge in [0, 0.05) is 11.8 Å². The predicted octanol–water partition coefficient (Wildman–Crippen LogP) is 3.45. The van der Waals surface area contributed by atoms with Crippen molar-refractivity contribution in [2.24, 2.45) is 4.99 Å². The predicted molar refractivity (Wildman–Crippen MR) is 64.9 cm³/mol. The molecule has 72 valence electrons. The van der Waals surface area contributed by atoms with Crippen LogP contribution >= 0.6 is 23.3 Å². The Labute approximate surface area is 91.3 Å². The van der Waals surface area contributed by atoms with Crippen molar-refractivity contribution < 1.29 is 4.79 Å². The van der Waals surface area contributed by atoms with E-state index in [4.69, 9.17) is 0 Å². The Morgan fingerprint density at radius 1 is 1.29 bits per heavy atom. The van der Waals surface area contributed by atoms with Crippen LogP contribution < -0.4 is 0 Å². The maximum absolute atomic E-state index is 12.0. The van der Waals surface area contributed by atoms with E-state index in [-0.39, 0.29) is 5.12 Å². The second kappa shape index (κ2) is 3.71. The van der Waals surface area contributed by atoms with Gasteiger partial charge in [-0.15, -0.1) is 0 Å². The van der Waals surface area contributed by atoms with E-state index < -0.39 is 8.46 Å². The molecule has 1 atom stereocenters. The number of benzene rings is 1. The minimum atomic E-state index is -1.63. The number of aliphatic imine (C=N–C) groups is 1. The average molecular weight is 270 g/mol. The molecular formula is C10H8BrNOS. The maximum Gasteiger partial charge on any atom is 0.220 e. The SMILES string of the molecule is O=C(c1ccccc1)S1(Br)C=CN=C1. The fourth-order valence-electron chi connectivity index (χ4n) is 1.15. The fraction of sp³-hybridized carbons (Fsp3) is 0. The van der Waals surface area contributed by atoms with Gasteiger partial charge in [0.25, 0.3) is 0 Å². The Morgan fingerprint density at radius 3 is 2.57 bits per heavy atom. The number of carbonyl (C=O) groups excluding carboxylic acids is 1. The van der Waals surface area contributed by atoms with Crippen LogP contribution in [-0.4, -0.2) is 10.7 Å². The molecule has 4 heteroatoms. The molecule has 1 aromatic rings. The quantitative estimate of drug-likeness (QED) is 0.768. The van der Waals surface area contributed by atoms with Crippen LogP contribution in [0.2, 0.25) is 0 Å². The smallest absolute Gasteiger partial charge is 0.220 e. The third-order valence-electron chi connectivity index (χ3n) is 1.85. The molecule has 0 N–H and O–H groups in total. The van der Waals surface area contributed by atoms with E-state index in [0.29, 0.717) is 0 Å². The van der Waals surface area contributed by atoms with Crippen LogP contribution in [0.4, 0.5) is 0 Å². The number of carbonyl (C=O) groups is 1. The Morgan fingerprint density at radius 2 is 2.00 bits per heavy atom. The van der Waals surface area contributed by atoms with E-state index in [1.165, 1.54) is 0 Å². The largest absolute Gasteiger partial charge is 0.282 e. The van der Waals surface area contributed by atoms with Crippen molar-refractivity contribution in [1.29, 1.82) is 0 Å². The van der Waals surface area contributed by atoms with Gasteiger partial charge in [0.1, 0.15) is 0 Å². The van der Waals surface area contributed by atoms with E-state index >= 15 is 0 Å². The lowest BCUT2D eigenvalue weighted by Gasteiger charge is -2.19. The monoisotopic (exact) mass is 269 g/mol. The molecule has 0 bridgehead atoms. The van der Waals surface area contributed by atoms with Crippen LogP contribution in [0.5, 0.6) is 0 Å². The number of rotatable bonds is 1. The summed E-state index contributed by atoms with van der Waals surface area (Å²) in [5.41, 5.74) is 2.40. The Bertz CT molecular complexity index is 401. The molecule has 1 aliphatic rings. The average Bonchev–Trinajstić information content (AvgIpc) is 2.67. The van der Waals surface area contributed by atoms with Crippen LogP contribution in [0.25, 0.3) is 0 Å². The number of halogens is 1. The first-order valence-electron chi connectivity index (χ1n) is 4.04. The molecule has 14 heavy (non-hydrogen) atoms. The normalized spacial score (nSPS) is 28.6. The van der Waals surface area contributed by atoms with Gasteiger partial charge in [-0.3, -0.25) is 9.79 Å². The minimum absolute atomic E-state index is 0.0931. The third-order valence-corrected chi connectivity index (χ3v) is 5.63. The number of hydrogen-bond acceptors (Lipinski definition) is 2. The lowest BCUT2D eigenvalue weighted by Crippen LogP contribution is -2.03. The van der Waals surface area contributed by atoms with Gasteiger partial charge in [-0.05, 0) is 20.2 Å². The molecule has 0 saturated heterocycles. The molecule has 0 spiro atoms. The summed E-state index contributed by atoms with van der Waals surface area (Å²) < 4.78 is 0. The van der Waals surface area contributed by atoms with Crippen LogP contribution in [-0.2, 0) is 0 Å². The standard InChI is InChI=1S/C10H8BrNOS/c11-14(7-6-12-8-14)10(13)9-4-2-1-3-5-9/h1-8H. The molecule has 0 radical (unpaired) electrons. The van der Waals surface area contributed by atoms with Crippen LogP contribution in [0.15, 0.2) is 46.9 Å². The lowest BCUT2D eigenvalue weighted by atomic mass is 10.2. The molecule has 0 amide bonds. The highest BCUT2D eigenvalue weighted by molar-refractivity contribution is 9.63. The highest BCUT2D eigenvalue weighted by Gasteiger charge is 2.28. The summed E-state index contributed by atoms with van der Waals surface area (Å²) in [6.45, 7) is 0. The van der Waals surface area contributed by atoms with Gasteiger partial charge in [0.15, 0.2) is 0 Å². The molecule has 2 rings (SSSR count). The molecule has 1 aliphatic heterocycles. The van der Waals surface area contributed by atoms with Gasteiger partial charge in [-0.2, -0.15) is 0 Å². The summed E-state index contributed by atoms with van der Waals surface area (Å²) in [6, 6.07) is 9.25. The fourth-order valence-corrected chi connectivity index (χ4v) is 3.57. The first-order chi connectivity index (χ1) is 6.72. The summed E-state index contributed by atoms with van der Waals surface area (Å²) in [5.74, 6) is 0. The third kappa shape index (κ3) is 1.67. The number of hydrogen-bond donors (Lipinski definition) is 0. The summed E-state index contributed by atoms with van der Waals surface area (Å²) in [6.07, 6.45) is 1.66. The van der Waals surface area contributed by atoms with E-state index in [1.54, 1.807) is 11.7 Å². The topological polar surface area (TPSA) is 29.4 Å². The lowest BCUT2D eigenvalue weighted by molar-refractivity contribution is 0.108. The molecule has 2 nitrogen and oxygen atoms in total. The van der Waals surface area contributed by atoms with Crippen molar-refractivity contribution in [2.75, 3.05) is 0 Å². The van der Waals surface area contributed by atoms with Crippen molar-refractivity contribution in [3.05, 3.63) is 47.5 Å². The van der Waals surface area contributed by atoms with E-state index in [9.17, 15) is 4.79 Å².